The summed E-state index contributed by atoms with van der Waals surface area (Å²) in [6.07, 6.45) is 2.09. The molecule has 6 heteroatoms. The Labute approximate surface area is 234 Å². The predicted molar refractivity (Wildman–Crippen MR) is 162 cm³/mol. The standard InChI is InChI=1S/C32H44N2O2S2/c1-20(2)26-17-29(21(3)4)31(30(18-26)22(5)6)38(35,36)28-9-11-34(12-10-28)32-33-27(19-37-32)16-25-14-23(7)13-24(8)15-25/h13-15,17-22,28H,9-12,16H2,1-8H3. The van der Waals surface area contributed by atoms with Gasteiger partial charge in [-0.05, 0) is 66.7 Å². The van der Waals surface area contributed by atoms with Crippen LogP contribution in [0.3, 0.4) is 0 Å². The van der Waals surface area contributed by atoms with Crippen molar-refractivity contribution in [2.45, 2.75) is 103 Å². The van der Waals surface area contributed by atoms with Crippen molar-refractivity contribution in [3.8, 4) is 0 Å². The van der Waals surface area contributed by atoms with Crippen LogP contribution in [0.5, 0.6) is 0 Å². The Hall–Kier alpha value is -2.18. The van der Waals surface area contributed by atoms with E-state index >= 15 is 0 Å². The molecule has 0 aliphatic carbocycles. The van der Waals surface area contributed by atoms with Gasteiger partial charge in [0, 0.05) is 24.9 Å². The number of piperidine rings is 1. The smallest absolute Gasteiger partial charge is 0.185 e. The highest BCUT2D eigenvalue weighted by Gasteiger charge is 2.36. The van der Waals surface area contributed by atoms with Crippen molar-refractivity contribution in [2.24, 2.45) is 0 Å². The third kappa shape index (κ3) is 6.17. The monoisotopic (exact) mass is 552 g/mol. The van der Waals surface area contributed by atoms with Crippen molar-refractivity contribution < 1.29 is 8.42 Å². The quantitative estimate of drug-likeness (QED) is 0.283. The van der Waals surface area contributed by atoms with Gasteiger partial charge in [0.2, 0.25) is 0 Å². The molecule has 1 aliphatic rings. The van der Waals surface area contributed by atoms with Crippen LogP contribution in [0.15, 0.2) is 40.6 Å². The van der Waals surface area contributed by atoms with Gasteiger partial charge in [-0.2, -0.15) is 0 Å². The summed E-state index contributed by atoms with van der Waals surface area (Å²) in [4.78, 5) is 7.81. The van der Waals surface area contributed by atoms with Crippen LogP contribution in [0.1, 0.15) is 111 Å². The van der Waals surface area contributed by atoms with Gasteiger partial charge in [0.1, 0.15) is 0 Å². The van der Waals surface area contributed by atoms with Crippen LogP contribution in [-0.4, -0.2) is 31.7 Å². The lowest BCUT2D eigenvalue weighted by atomic mass is 9.89. The summed E-state index contributed by atoms with van der Waals surface area (Å²) in [6, 6.07) is 11.0. The fraction of sp³-hybridized carbons (Fsp3) is 0.531. The zero-order valence-corrected chi connectivity index (χ0v) is 26.0. The van der Waals surface area contributed by atoms with Crippen molar-refractivity contribution in [1.29, 1.82) is 0 Å². The molecule has 0 amide bonds. The molecule has 4 nitrogen and oxygen atoms in total. The van der Waals surface area contributed by atoms with E-state index in [1.807, 2.05) is 0 Å². The van der Waals surface area contributed by atoms with Gasteiger partial charge in [0.05, 0.1) is 15.8 Å². The third-order valence-corrected chi connectivity index (χ3v) is 11.1. The van der Waals surface area contributed by atoms with E-state index in [2.05, 4.69) is 96.0 Å². The third-order valence-electron chi connectivity index (χ3n) is 7.72. The Kier molecular flexibility index (Phi) is 8.73. The Morgan fingerprint density at radius 2 is 1.42 bits per heavy atom. The molecule has 0 spiro atoms. The number of benzene rings is 2. The molecule has 2 heterocycles. The molecule has 3 aromatic rings. The SMILES string of the molecule is Cc1cc(C)cc(Cc2csc(N3CCC(S(=O)(=O)c4c(C(C)C)cc(C(C)C)cc4C(C)C)CC3)n2)c1. The van der Waals surface area contributed by atoms with Crippen molar-refractivity contribution in [3.05, 3.63) is 74.8 Å². The van der Waals surface area contributed by atoms with E-state index in [1.54, 1.807) is 11.3 Å². The van der Waals surface area contributed by atoms with E-state index in [-0.39, 0.29) is 17.1 Å². The number of sulfone groups is 1. The molecular weight excluding hydrogens is 508 g/mol. The van der Waals surface area contributed by atoms with Crippen LogP contribution in [0.2, 0.25) is 0 Å². The van der Waals surface area contributed by atoms with Crippen molar-refractivity contribution in [2.75, 3.05) is 18.0 Å². The minimum atomic E-state index is -3.45. The Morgan fingerprint density at radius 1 is 0.868 bits per heavy atom. The molecule has 1 saturated heterocycles. The second-order valence-electron chi connectivity index (χ2n) is 12.0. The highest BCUT2D eigenvalue weighted by molar-refractivity contribution is 7.92. The average Bonchev–Trinajstić information content (AvgIpc) is 3.30. The molecule has 1 aromatic heterocycles. The van der Waals surface area contributed by atoms with Crippen molar-refractivity contribution >= 4 is 26.3 Å². The number of hydrogen-bond donors (Lipinski definition) is 0. The van der Waals surface area contributed by atoms with Crippen LogP contribution in [0.25, 0.3) is 0 Å². The second kappa shape index (κ2) is 11.5. The number of aromatic nitrogens is 1. The van der Waals surface area contributed by atoms with E-state index in [9.17, 15) is 8.42 Å². The van der Waals surface area contributed by atoms with Crippen LogP contribution < -0.4 is 4.90 Å². The minimum Gasteiger partial charge on any atom is -0.348 e. The molecule has 4 rings (SSSR count). The lowest BCUT2D eigenvalue weighted by Gasteiger charge is -2.33. The summed E-state index contributed by atoms with van der Waals surface area (Å²) < 4.78 is 28.4. The van der Waals surface area contributed by atoms with Gasteiger partial charge in [-0.25, -0.2) is 13.4 Å². The van der Waals surface area contributed by atoms with Gasteiger partial charge in [0.15, 0.2) is 15.0 Å². The number of nitrogens with zero attached hydrogens (tertiary/aromatic N) is 2. The maximum atomic E-state index is 14.2. The topological polar surface area (TPSA) is 50.3 Å². The average molecular weight is 553 g/mol. The van der Waals surface area contributed by atoms with Crippen molar-refractivity contribution in [3.63, 3.8) is 0 Å². The fourth-order valence-corrected chi connectivity index (χ4v) is 8.94. The van der Waals surface area contributed by atoms with Gasteiger partial charge >= 0.3 is 0 Å². The molecule has 1 fully saturated rings. The summed E-state index contributed by atoms with van der Waals surface area (Å²) in [6.45, 7) is 18.5. The van der Waals surface area contributed by atoms with Gasteiger partial charge in [-0.15, -0.1) is 11.3 Å². The predicted octanol–water partition coefficient (Wildman–Crippen LogP) is 8.16. The summed E-state index contributed by atoms with van der Waals surface area (Å²) in [7, 11) is -3.45. The highest BCUT2D eigenvalue weighted by atomic mass is 32.2. The first kappa shape index (κ1) is 28.8. The zero-order valence-electron chi connectivity index (χ0n) is 24.3. The van der Waals surface area contributed by atoms with E-state index < -0.39 is 9.84 Å². The Bertz CT molecular complexity index is 1330. The van der Waals surface area contributed by atoms with Crippen LogP contribution in [0.4, 0.5) is 5.13 Å². The summed E-state index contributed by atoms with van der Waals surface area (Å²) in [5.74, 6) is 0.673. The summed E-state index contributed by atoms with van der Waals surface area (Å²) >= 11 is 1.67. The van der Waals surface area contributed by atoms with Crippen LogP contribution in [0, 0.1) is 13.8 Å². The molecule has 206 valence electrons. The number of aryl methyl sites for hydroxylation is 2. The fourth-order valence-electron chi connectivity index (χ4n) is 5.65. The first-order valence-corrected chi connectivity index (χ1v) is 16.5. The number of hydrogen-bond acceptors (Lipinski definition) is 5. The van der Waals surface area contributed by atoms with Crippen molar-refractivity contribution in [1.82, 2.24) is 4.98 Å². The van der Waals surface area contributed by atoms with Crippen LogP contribution in [-0.2, 0) is 16.3 Å². The minimum absolute atomic E-state index is 0.155. The van der Waals surface area contributed by atoms with Gasteiger partial charge in [-0.1, -0.05) is 83.0 Å². The summed E-state index contributed by atoms with van der Waals surface area (Å²) in [5.41, 5.74) is 8.12. The lowest BCUT2D eigenvalue weighted by Crippen LogP contribution is -2.40. The summed E-state index contributed by atoms with van der Waals surface area (Å²) in [5, 5.41) is 2.80. The van der Waals surface area contributed by atoms with E-state index in [0.717, 1.165) is 41.5 Å². The molecule has 0 radical (unpaired) electrons. The largest absolute Gasteiger partial charge is 0.348 e. The molecular formula is C32H44N2O2S2. The zero-order chi connectivity index (χ0) is 27.8. The molecule has 0 unspecified atom stereocenters. The highest BCUT2D eigenvalue weighted by Crippen LogP contribution is 2.39. The maximum Gasteiger partial charge on any atom is 0.185 e. The lowest BCUT2D eigenvalue weighted by molar-refractivity contribution is 0.526. The molecule has 2 aromatic carbocycles. The normalized spacial score (nSPS) is 15.3. The van der Waals surface area contributed by atoms with E-state index in [0.29, 0.717) is 23.7 Å². The Morgan fingerprint density at radius 3 is 1.92 bits per heavy atom. The number of rotatable bonds is 8. The molecule has 0 N–H and O–H groups in total. The van der Waals surface area contributed by atoms with E-state index in [4.69, 9.17) is 4.98 Å². The van der Waals surface area contributed by atoms with Gasteiger partial charge in [-0.3, -0.25) is 0 Å². The van der Waals surface area contributed by atoms with E-state index in [1.165, 1.54) is 22.3 Å². The van der Waals surface area contributed by atoms with Crippen LogP contribution >= 0.6 is 11.3 Å². The molecule has 0 bridgehead atoms. The molecule has 1 aliphatic heterocycles. The van der Waals surface area contributed by atoms with Gasteiger partial charge < -0.3 is 4.90 Å². The van der Waals surface area contributed by atoms with Gasteiger partial charge in [0.25, 0.3) is 0 Å². The molecule has 38 heavy (non-hydrogen) atoms. The maximum absolute atomic E-state index is 14.2. The first-order valence-electron chi connectivity index (χ1n) is 14.0. The number of anilines is 1. The Balaban J connectivity index is 1.53. The number of thiazole rings is 1. The first-order chi connectivity index (χ1) is 17.9. The molecule has 0 atom stereocenters. The molecule has 0 saturated carbocycles. The second-order valence-corrected chi connectivity index (χ2v) is 15.0.